The van der Waals surface area contributed by atoms with E-state index in [1.54, 1.807) is 0 Å². The fraction of sp³-hybridized carbons (Fsp3) is 0.304. The molecule has 1 aliphatic carbocycles. The van der Waals surface area contributed by atoms with E-state index in [1.807, 2.05) is 6.08 Å². The lowest BCUT2D eigenvalue weighted by Crippen LogP contribution is -2.12. The predicted molar refractivity (Wildman–Crippen MR) is 103 cm³/mol. The minimum atomic E-state index is 0.690. The Morgan fingerprint density at radius 1 is 1.08 bits per heavy atom. The van der Waals surface area contributed by atoms with Crippen molar-refractivity contribution < 1.29 is 4.74 Å². The van der Waals surface area contributed by atoms with Gasteiger partial charge in [0.15, 0.2) is 0 Å². The Kier molecular flexibility index (Phi) is 5.53. The second-order valence-corrected chi connectivity index (χ2v) is 6.46. The molecule has 0 N–H and O–H groups in total. The van der Waals surface area contributed by atoms with Gasteiger partial charge in [0.2, 0.25) is 0 Å². The maximum absolute atomic E-state index is 5.68. The molecule has 1 unspecified atom stereocenters. The number of hydrogen-bond donors (Lipinski definition) is 0. The maximum Gasteiger partial charge on any atom is 0.119 e. The molecule has 0 aromatic heterocycles. The van der Waals surface area contributed by atoms with Crippen LogP contribution in [0.3, 0.4) is 0 Å². The van der Waals surface area contributed by atoms with Gasteiger partial charge in [0.1, 0.15) is 5.75 Å². The minimum Gasteiger partial charge on any atom is -0.493 e. The van der Waals surface area contributed by atoms with Crippen LogP contribution in [0.5, 0.6) is 5.75 Å². The van der Waals surface area contributed by atoms with Crippen LogP contribution in [-0.2, 0) is 12.8 Å². The number of allylic oxidation sites excluding steroid dienone is 2. The highest BCUT2D eigenvalue weighted by molar-refractivity contribution is 5.66. The van der Waals surface area contributed by atoms with Crippen molar-refractivity contribution in [2.75, 3.05) is 6.61 Å². The first-order valence-electron chi connectivity index (χ1n) is 8.89. The first kappa shape index (κ1) is 16.6. The van der Waals surface area contributed by atoms with Gasteiger partial charge in [0, 0.05) is 0 Å². The third kappa shape index (κ3) is 3.97. The lowest BCUT2D eigenvalue weighted by Gasteiger charge is -2.23. The fourth-order valence-corrected chi connectivity index (χ4v) is 3.40. The molecule has 124 valence electrons. The standard InChI is InChI=1S/C23H26O/c1-3-5-15-24-23-13-11-19(12-14-23)21-10-9-20-16-18(6-4-2)7-8-22(20)17-21/h3-4,6,9-14,17-18H,1,5,7-8,15-16H2,2H3/b6-4+. The quantitative estimate of drug-likeness (QED) is 0.469. The van der Waals surface area contributed by atoms with E-state index in [0.717, 1.165) is 12.2 Å². The molecule has 1 aliphatic rings. The highest BCUT2D eigenvalue weighted by Crippen LogP contribution is 2.31. The minimum absolute atomic E-state index is 0.690. The van der Waals surface area contributed by atoms with Gasteiger partial charge >= 0.3 is 0 Å². The monoisotopic (exact) mass is 318 g/mol. The van der Waals surface area contributed by atoms with Crippen molar-refractivity contribution >= 4 is 0 Å². The van der Waals surface area contributed by atoms with E-state index in [1.165, 1.54) is 41.5 Å². The van der Waals surface area contributed by atoms with Gasteiger partial charge in [-0.05, 0) is 72.9 Å². The van der Waals surface area contributed by atoms with Crippen LogP contribution < -0.4 is 4.74 Å². The van der Waals surface area contributed by atoms with Gasteiger partial charge in [-0.2, -0.15) is 0 Å². The summed E-state index contributed by atoms with van der Waals surface area (Å²) >= 11 is 0. The van der Waals surface area contributed by atoms with Crippen LogP contribution in [0.2, 0.25) is 0 Å². The summed E-state index contributed by atoms with van der Waals surface area (Å²) in [6, 6.07) is 15.3. The van der Waals surface area contributed by atoms with Gasteiger partial charge < -0.3 is 4.74 Å². The van der Waals surface area contributed by atoms with Crippen LogP contribution >= 0.6 is 0 Å². The predicted octanol–water partition coefficient (Wildman–Crippen LogP) is 5.99. The smallest absolute Gasteiger partial charge is 0.119 e. The molecule has 0 aliphatic heterocycles. The first-order valence-corrected chi connectivity index (χ1v) is 8.89. The molecule has 0 saturated carbocycles. The Bertz CT molecular complexity index is 709. The van der Waals surface area contributed by atoms with E-state index in [4.69, 9.17) is 4.74 Å². The Balaban J connectivity index is 1.73. The molecular weight excluding hydrogens is 292 g/mol. The van der Waals surface area contributed by atoms with E-state index in [-0.39, 0.29) is 0 Å². The molecule has 0 fully saturated rings. The van der Waals surface area contributed by atoms with Crippen molar-refractivity contribution in [1.82, 2.24) is 0 Å². The SMILES string of the molecule is C=CCCOc1ccc(-c2ccc3c(c2)CCC(/C=C/C)C3)cc1. The molecule has 0 bridgehead atoms. The van der Waals surface area contributed by atoms with Crippen molar-refractivity contribution in [3.63, 3.8) is 0 Å². The zero-order chi connectivity index (χ0) is 16.8. The van der Waals surface area contributed by atoms with Crippen molar-refractivity contribution in [2.24, 2.45) is 5.92 Å². The molecule has 24 heavy (non-hydrogen) atoms. The van der Waals surface area contributed by atoms with Crippen molar-refractivity contribution in [1.29, 1.82) is 0 Å². The van der Waals surface area contributed by atoms with Gasteiger partial charge in [0.25, 0.3) is 0 Å². The second kappa shape index (κ2) is 8.01. The maximum atomic E-state index is 5.68. The molecule has 2 aromatic rings. The van der Waals surface area contributed by atoms with Crippen molar-refractivity contribution in [2.45, 2.75) is 32.6 Å². The molecule has 2 aromatic carbocycles. The molecule has 1 heteroatoms. The van der Waals surface area contributed by atoms with Gasteiger partial charge in [-0.1, -0.05) is 48.6 Å². The molecule has 0 spiro atoms. The van der Waals surface area contributed by atoms with Gasteiger partial charge in [0.05, 0.1) is 6.61 Å². The third-order valence-corrected chi connectivity index (χ3v) is 4.72. The first-order chi connectivity index (χ1) is 11.8. The number of rotatable bonds is 6. The fourth-order valence-electron chi connectivity index (χ4n) is 3.40. The van der Waals surface area contributed by atoms with E-state index in [2.05, 4.69) is 68.1 Å². The molecule has 0 saturated heterocycles. The molecule has 3 rings (SSSR count). The summed E-state index contributed by atoms with van der Waals surface area (Å²) in [7, 11) is 0. The largest absolute Gasteiger partial charge is 0.493 e. The Morgan fingerprint density at radius 2 is 1.88 bits per heavy atom. The van der Waals surface area contributed by atoms with Crippen LogP contribution in [0.25, 0.3) is 11.1 Å². The summed E-state index contributed by atoms with van der Waals surface area (Å²) in [5.74, 6) is 1.63. The average molecular weight is 318 g/mol. The van der Waals surface area contributed by atoms with Crippen LogP contribution in [0, 0.1) is 5.92 Å². The number of benzene rings is 2. The van der Waals surface area contributed by atoms with E-state index >= 15 is 0 Å². The van der Waals surface area contributed by atoms with Gasteiger partial charge in [-0.25, -0.2) is 0 Å². The van der Waals surface area contributed by atoms with Gasteiger partial charge in [-0.3, -0.25) is 0 Å². The zero-order valence-corrected chi connectivity index (χ0v) is 14.5. The molecule has 1 nitrogen and oxygen atoms in total. The molecule has 0 amide bonds. The van der Waals surface area contributed by atoms with E-state index in [0.29, 0.717) is 12.5 Å². The highest BCUT2D eigenvalue weighted by Gasteiger charge is 2.16. The van der Waals surface area contributed by atoms with Crippen LogP contribution in [0.1, 0.15) is 30.9 Å². The number of hydrogen-bond acceptors (Lipinski definition) is 1. The van der Waals surface area contributed by atoms with Crippen LogP contribution in [0.4, 0.5) is 0 Å². The molecule has 1 atom stereocenters. The third-order valence-electron chi connectivity index (χ3n) is 4.72. The number of fused-ring (bicyclic) bond motifs is 1. The Hall–Kier alpha value is -2.28. The Labute approximate surface area is 145 Å². The number of ether oxygens (including phenoxy) is 1. The molecule has 0 heterocycles. The van der Waals surface area contributed by atoms with Crippen molar-refractivity contribution in [3.05, 3.63) is 78.4 Å². The van der Waals surface area contributed by atoms with E-state index < -0.39 is 0 Å². The summed E-state index contributed by atoms with van der Waals surface area (Å²) < 4.78 is 5.68. The summed E-state index contributed by atoms with van der Waals surface area (Å²) in [5, 5.41) is 0. The molecule has 0 radical (unpaired) electrons. The zero-order valence-electron chi connectivity index (χ0n) is 14.5. The van der Waals surface area contributed by atoms with Crippen LogP contribution in [-0.4, -0.2) is 6.61 Å². The number of aryl methyl sites for hydroxylation is 1. The summed E-state index contributed by atoms with van der Waals surface area (Å²) in [6.07, 6.45) is 10.9. The highest BCUT2D eigenvalue weighted by atomic mass is 16.5. The van der Waals surface area contributed by atoms with Crippen molar-refractivity contribution in [3.8, 4) is 16.9 Å². The summed E-state index contributed by atoms with van der Waals surface area (Å²) in [5.41, 5.74) is 5.58. The second-order valence-electron chi connectivity index (χ2n) is 6.46. The lowest BCUT2D eigenvalue weighted by atomic mass is 9.82. The normalized spacial score (nSPS) is 16.8. The summed E-state index contributed by atoms with van der Waals surface area (Å²) in [4.78, 5) is 0. The average Bonchev–Trinajstić information content (AvgIpc) is 2.62. The topological polar surface area (TPSA) is 9.23 Å². The van der Waals surface area contributed by atoms with E-state index in [9.17, 15) is 0 Å². The summed E-state index contributed by atoms with van der Waals surface area (Å²) in [6.45, 7) is 6.52. The van der Waals surface area contributed by atoms with Gasteiger partial charge in [-0.15, -0.1) is 6.58 Å². The lowest BCUT2D eigenvalue weighted by molar-refractivity contribution is 0.325. The molecular formula is C23H26O. The van der Waals surface area contributed by atoms with Crippen LogP contribution in [0.15, 0.2) is 67.3 Å². The Morgan fingerprint density at radius 3 is 2.62 bits per heavy atom.